The molecule has 0 aromatic rings. The first-order chi connectivity index (χ1) is 6.65. The Morgan fingerprint density at radius 1 is 1.64 bits per heavy atom. The molecular formula is C10H15NO2S. The molecule has 0 saturated heterocycles. The van der Waals surface area contributed by atoms with Crippen molar-refractivity contribution in [1.29, 1.82) is 0 Å². The van der Waals surface area contributed by atoms with Gasteiger partial charge < -0.3 is 4.74 Å². The maximum atomic E-state index is 11.3. The van der Waals surface area contributed by atoms with Crippen molar-refractivity contribution in [2.45, 2.75) is 13.8 Å². The second-order valence-electron chi connectivity index (χ2n) is 2.32. The number of allylic oxidation sites excluding steroid dienone is 1. The molecule has 0 N–H and O–H groups in total. The first-order valence-corrected chi connectivity index (χ1v) is 5.48. The van der Waals surface area contributed by atoms with E-state index < -0.39 is 0 Å². The van der Waals surface area contributed by atoms with Gasteiger partial charge in [0.25, 0.3) is 0 Å². The molecule has 0 radical (unpaired) electrons. The van der Waals surface area contributed by atoms with Crippen LogP contribution in [0, 0.1) is 0 Å². The first kappa shape index (κ1) is 13.0. The van der Waals surface area contributed by atoms with E-state index in [2.05, 4.69) is 11.6 Å². The maximum Gasteiger partial charge on any atom is 0.339 e. The Labute approximate surface area is 88.9 Å². The van der Waals surface area contributed by atoms with E-state index in [0.717, 1.165) is 0 Å². The molecule has 0 amide bonds. The standard InChI is InChI=1S/C10H15NO2S/c1-5-9(10(12)13-6-2)7-11-8(3)14-4/h5,7H,3,6H2,1-2,4H3/b9-5+,11-7-. The summed E-state index contributed by atoms with van der Waals surface area (Å²) >= 11 is 1.43. The fourth-order valence-corrected chi connectivity index (χ4v) is 0.812. The molecule has 4 heteroatoms. The average molecular weight is 213 g/mol. The third kappa shape index (κ3) is 4.87. The smallest absolute Gasteiger partial charge is 0.339 e. The van der Waals surface area contributed by atoms with Gasteiger partial charge in [-0.1, -0.05) is 12.7 Å². The molecule has 0 rings (SSSR count). The van der Waals surface area contributed by atoms with E-state index >= 15 is 0 Å². The van der Waals surface area contributed by atoms with Crippen LogP contribution in [0.4, 0.5) is 0 Å². The molecule has 0 bridgehead atoms. The highest BCUT2D eigenvalue weighted by Gasteiger charge is 2.05. The zero-order valence-electron chi connectivity index (χ0n) is 8.74. The van der Waals surface area contributed by atoms with Gasteiger partial charge in [0.05, 0.1) is 17.2 Å². The SMILES string of the molecule is C=C(/N=C\C(=C/C)C(=O)OCC)SC. The van der Waals surface area contributed by atoms with Crippen LogP contribution in [0.5, 0.6) is 0 Å². The molecule has 78 valence electrons. The Morgan fingerprint density at radius 2 is 2.29 bits per heavy atom. The highest BCUT2D eigenvalue weighted by molar-refractivity contribution is 8.02. The summed E-state index contributed by atoms with van der Waals surface area (Å²) in [6.07, 6.45) is 5.01. The summed E-state index contributed by atoms with van der Waals surface area (Å²) in [7, 11) is 0. The summed E-state index contributed by atoms with van der Waals surface area (Å²) in [6, 6.07) is 0. The van der Waals surface area contributed by atoms with Gasteiger partial charge in [-0.25, -0.2) is 9.79 Å². The molecular weight excluding hydrogens is 198 g/mol. The molecule has 0 aromatic carbocycles. The van der Waals surface area contributed by atoms with Gasteiger partial charge in [-0.05, 0) is 20.1 Å². The number of carbonyl (C=O) groups is 1. The van der Waals surface area contributed by atoms with Crippen molar-refractivity contribution in [3.05, 3.63) is 23.3 Å². The number of thioether (sulfide) groups is 1. The summed E-state index contributed by atoms with van der Waals surface area (Å²) in [4.78, 5) is 15.2. The lowest BCUT2D eigenvalue weighted by Crippen LogP contribution is -2.08. The van der Waals surface area contributed by atoms with Crippen molar-refractivity contribution in [2.75, 3.05) is 12.9 Å². The molecule has 0 spiro atoms. The minimum absolute atomic E-state index is 0.354. The largest absolute Gasteiger partial charge is 0.462 e. The molecule has 0 fully saturated rings. The highest BCUT2D eigenvalue weighted by Crippen LogP contribution is 2.09. The fraction of sp³-hybridized carbons (Fsp3) is 0.400. The monoisotopic (exact) mass is 213 g/mol. The van der Waals surface area contributed by atoms with E-state index in [4.69, 9.17) is 4.74 Å². The molecule has 0 aromatic heterocycles. The Balaban J connectivity index is 4.38. The molecule has 0 aliphatic rings. The van der Waals surface area contributed by atoms with Gasteiger partial charge in [-0.15, -0.1) is 11.8 Å². The van der Waals surface area contributed by atoms with E-state index in [0.29, 0.717) is 17.2 Å². The molecule has 0 atom stereocenters. The van der Waals surface area contributed by atoms with Crippen molar-refractivity contribution in [1.82, 2.24) is 0 Å². The van der Waals surface area contributed by atoms with Gasteiger partial charge >= 0.3 is 5.97 Å². The van der Waals surface area contributed by atoms with Crippen molar-refractivity contribution in [2.24, 2.45) is 4.99 Å². The third-order valence-electron chi connectivity index (χ3n) is 1.41. The van der Waals surface area contributed by atoms with Crippen LogP contribution in [-0.4, -0.2) is 25.0 Å². The van der Waals surface area contributed by atoms with Crippen LogP contribution in [0.15, 0.2) is 28.2 Å². The van der Waals surface area contributed by atoms with E-state index in [1.54, 1.807) is 19.9 Å². The topological polar surface area (TPSA) is 38.7 Å². The molecule has 0 saturated carbocycles. The Hall–Kier alpha value is -1.03. The lowest BCUT2D eigenvalue weighted by atomic mass is 10.3. The zero-order valence-corrected chi connectivity index (χ0v) is 9.56. The molecule has 0 unspecified atom stereocenters. The van der Waals surface area contributed by atoms with Crippen molar-refractivity contribution in [3.63, 3.8) is 0 Å². The molecule has 0 aliphatic carbocycles. The zero-order chi connectivity index (χ0) is 11.0. The van der Waals surface area contributed by atoms with Crippen molar-refractivity contribution >= 4 is 23.9 Å². The van der Waals surface area contributed by atoms with Crippen LogP contribution in [0.2, 0.25) is 0 Å². The second-order valence-corrected chi connectivity index (χ2v) is 3.20. The molecule has 0 heterocycles. The number of ether oxygens (including phenoxy) is 1. The van der Waals surface area contributed by atoms with Crippen LogP contribution in [0.3, 0.4) is 0 Å². The number of rotatable bonds is 5. The van der Waals surface area contributed by atoms with Crippen molar-refractivity contribution < 1.29 is 9.53 Å². The predicted molar refractivity (Wildman–Crippen MR) is 61.5 cm³/mol. The quantitative estimate of drug-likeness (QED) is 0.400. The average Bonchev–Trinajstić information content (AvgIpc) is 2.18. The predicted octanol–water partition coefficient (Wildman–Crippen LogP) is 2.40. The van der Waals surface area contributed by atoms with Gasteiger partial charge in [0, 0.05) is 6.21 Å². The van der Waals surface area contributed by atoms with Gasteiger partial charge in [0.1, 0.15) is 0 Å². The summed E-state index contributed by atoms with van der Waals surface area (Å²) < 4.78 is 4.83. The lowest BCUT2D eigenvalue weighted by Gasteiger charge is -2.00. The molecule has 14 heavy (non-hydrogen) atoms. The van der Waals surface area contributed by atoms with E-state index in [-0.39, 0.29) is 5.97 Å². The van der Waals surface area contributed by atoms with E-state index in [1.165, 1.54) is 18.0 Å². The minimum atomic E-state index is -0.354. The molecule has 3 nitrogen and oxygen atoms in total. The van der Waals surface area contributed by atoms with Gasteiger partial charge in [0.15, 0.2) is 0 Å². The summed E-state index contributed by atoms with van der Waals surface area (Å²) in [5.41, 5.74) is 0.446. The van der Waals surface area contributed by atoms with Crippen LogP contribution < -0.4 is 0 Å². The number of aliphatic imine (C=N–C) groups is 1. The summed E-state index contributed by atoms with van der Waals surface area (Å²) in [5.74, 6) is -0.354. The van der Waals surface area contributed by atoms with E-state index in [1.807, 2.05) is 6.26 Å². The highest BCUT2D eigenvalue weighted by atomic mass is 32.2. The fourth-order valence-electron chi connectivity index (χ4n) is 0.654. The number of hydrogen-bond acceptors (Lipinski definition) is 4. The van der Waals surface area contributed by atoms with E-state index in [9.17, 15) is 4.79 Å². The van der Waals surface area contributed by atoms with Crippen LogP contribution in [0.1, 0.15) is 13.8 Å². The number of nitrogens with zero attached hydrogens (tertiary/aromatic N) is 1. The number of carbonyl (C=O) groups excluding carboxylic acids is 1. The molecule has 0 aliphatic heterocycles. The Kier molecular flexibility index (Phi) is 6.84. The van der Waals surface area contributed by atoms with Crippen LogP contribution >= 0.6 is 11.8 Å². The number of esters is 1. The first-order valence-electron chi connectivity index (χ1n) is 4.26. The maximum absolute atomic E-state index is 11.3. The minimum Gasteiger partial charge on any atom is -0.462 e. The Bertz CT molecular complexity index is 269. The number of hydrogen-bond donors (Lipinski definition) is 0. The normalized spacial score (nSPS) is 11.8. The Morgan fingerprint density at radius 3 is 2.71 bits per heavy atom. The van der Waals surface area contributed by atoms with Gasteiger partial charge in [-0.3, -0.25) is 0 Å². The third-order valence-corrected chi connectivity index (χ3v) is 1.98. The summed E-state index contributed by atoms with van der Waals surface area (Å²) in [6.45, 7) is 7.57. The van der Waals surface area contributed by atoms with Gasteiger partial charge in [-0.2, -0.15) is 0 Å². The second kappa shape index (κ2) is 7.38. The van der Waals surface area contributed by atoms with Gasteiger partial charge in [0.2, 0.25) is 0 Å². The van der Waals surface area contributed by atoms with Crippen molar-refractivity contribution in [3.8, 4) is 0 Å². The van der Waals surface area contributed by atoms with Crippen LogP contribution in [0.25, 0.3) is 0 Å². The lowest BCUT2D eigenvalue weighted by molar-refractivity contribution is -0.137. The summed E-state index contributed by atoms with van der Waals surface area (Å²) in [5, 5.41) is 0.661. The van der Waals surface area contributed by atoms with Crippen LogP contribution in [-0.2, 0) is 9.53 Å².